The van der Waals surface area contributed by atoms with E-state index in [0.29, 0.717) is 13.0 Å². The smallest absolute Gasteiger partial charge is 0.115 e. The summed E-state index contributed by atoms with van der Waals surface area (Å²) in [5.41, 5.74) is 1.22. The van der Waals surface area contributed by atoms with Gasteiger partial charge in [-0.15, -0.1) is 0 Å². The second-order valence-electron chi connectivity index (χ2n) is 3.87. The molecule has 0 aromatic carbocycles. The Morgan fingerprint density at radius 2 is 2.45 bits per heavy atom. The van der Waals surface area contributed by atoms with E-state index in [1.165, 1.54) is 5.57 Å². The number of hydrogen-bond acceptors (Lipinski definition) is 1. The number of hydrogen-bond donors (Lipinski definition) is 0. The van der Waals surface area contributed by atoms with Gasteiger partial charge in [-0.25, -0.2) is 4.39 Å². The molecule has 2 heterocycles. The molecule has 2 aliphatic rings. The Hall–Kier alpha value is -0.370. The maximum Gasteiger partial charge on any atom is 0.115 e. The Morgan fingerprint density at radius 3 is 3.09 bits per heavy atom. The molecule has 0 saturated carbocycles. The van der Waals surface area contributed by atoms with Crippen molar-refractivity contribution in [2.45, 2.75) is 31.5 Å². The van der Waals surface area contributed by atoms with Crippen molar-refractivity contribution < 1.29 is 4.39 Å². The Morgan fingerprint density at radius 1 is 1.73 bits per heavy atom. The summed E-state index contributed by atoms with van der Waals surface area (Å²) >= 11 is 0. The van der Waals surface area contributed by atoms with Crippen LogP contribution >= 0.6 is 0 Å². The van der Waals surface area contributed by atoms with Gasteiger partial charge in [-0.1, -0.05) is 12.2 Å². The summed E-state index contributed by atoms with van der Waals surface area (Å²) in [6.07, 6.45) is 1.09. The molecule has 2 saturated heterocycles. The second kappa shape index (κ2) is 2.07. The van der Waals surface area contributed by atoms with Crippen molar-refractivity contribution in [2.75, 3.05) is 13.1 Å². The molecule has 2 rings (SSSR count). The molecule has 0 bridgehead atoms. The van der Waals surface area contributed by atoms with Gasteiger partial charge in [0.2, 0.25) is 0 Å². The van der Waals surface area contributed by atoms with Crippen LogP contribution in [0.5, 0.6) is 0 Å². The zero-order valence-corrected chi connectivity index (χ0v) is 6.94. The lowest BCUT2D eigenvalue weighted by Gasteiger charge is -2.27. The minimum atomic E-state index is -0.628. The third-order valence-electron chi connectivity index (χ3n) is 3.18. The molecule has 2 fully saturated rings. The molecule has 2 aliphatic heterocycles. The number of fused-ring (bicyclic) bond motifs is 1. The van der Waals surface area contributed by atoms with Gasteiger partial charge < -0.3 is 0 Å². The second-order valence-corrected chi connectivity index (χ2v) is 3.87. The van der Waals surface area contributed by atoms with E-state index in [2.05, 4.69) is 18.4 Å². The molecule has 2 heteroatoms. The van der Waals surface area contributed by atoms with Crippen LogP contribution in [0.25, 0.3) is 0 Å². The molecule has 0 aromatic heterocycles. The summed E-state index contributed by atoms with van der Waals surface area (Å²) in [7, 11) is 0. The molecule has 1 nitrogen and oxygen atoms in total. The van der Waals surface area contributed by atoms with E-state index in [4.69, 9.17) is 0 Å². The molecule has 2 atom stereocenters. The van der Waals surface area contributed by atoms with Gasteiger partial charge in [0.15, 0.2) is 0 Å². The van der Waals surface area contributed by atoms with Gasteiger partial charge in [0.05, 0.1) is 0 Å². The predicted octanol–water partition coefficient (Wildman–Crippen LogP) is 1.75. The first kappa shape index (κ1) is 7.29. The highest BCUT2D eigenvalue weighted by molar-refractivity contribution is 5.24. The molecule has 0 amide bonds. The monoisotopic (exact) mass is 155 g/mol. The maximum absolute atomic E-state index is 13.0. The lowest BCUT2D eigenvalue weighted by atomic mass is 9.92. The van der Waals surface area contributed by atoms with E-state index in [9.17, 15) is 4.39 Å². The topological polar surface area (TPSA) is 3.24 Å². The minimum absolute atomic E-state index is 0.000579. The number of alkyl halides is 1. The molecule has 0 spiro atoms. The summed E-state index contributed by atoms with van der Waals surface area (Å²) in [4.78, 5) is 2.22. The van der Waals surface area contributed by atoms with Crippen LogP contribution in [0.2, 0.25) is 0 Å². The third-order valence-corrected chi connectivity index (χ3v) is 3.18. The number of halogens is 1. The summed E-state index contributed by atoms with van der Waals surface area (Å²) in [6, 6.07) is 0. The zero-order chi connectivity index (χ0) is 8.06. The maximum atomic E-state index is 13.0. The molecule has 0 aliphatic carbocycles. The van der Waals surface area contributed by atoms with E-state index in [0.717, 1.165) is 13.0 Å². The normalized spacial score (nSPS) is 44.9. The van der Waals surface area contributed by atoms with E-state index in [1.54, 1.807) is 0 Å². The lowest BCUT2D eigenvalue weighted by molar-refractivity contribution is 0.240. The van der Waals surface area contributed by atoms with E-state index in [1.807, 2.05) is 0 Å². The number of rotatable bonds is 0. The van der Waals surface area contributed by atoms with Crippen molar-refractivity contribution in [3.8, 4) is 0 Å². The molecule has 62 valence electrons. The average molecular weight is 155 g/mol. The molecule has 11 heavy (non-hydrogen) atoms. The van der Waals surface area contributed by atoms with Crippen LogP contribution < -0.4 is 0 Å². The van der Waals surface area contributed by atoms with Crippen LogP contribution in [0.1, 0.15) is 19.8 Å². The lowest BCUT2D eigenvalue weighted by Crippen LogP contribution is -2.35. The van der Waals surface area contributed by atoms with Crippen molar-refractivity contribution >= 4 is 0 Å². The summed E-state index contributed by atoms with van der Waals surface area (Å²) in [5.74, 6) is 0. The quantitative estimate of drug-likeness (QED) is 0.482. The van der Waals surface area contributed by atoms with Crippen molar-refractivity contribution in [3.63, 3.8) is 0 Å². The van der Waals surface area contributed by atoms with Crippen LogP contribution in [0.4, 0.5) is 4.39 Å². The zero-order valence-electron chi connectivity index (χ0n) is 6.94. The highest BCUT2D eigenvalue weighted by atomic mass is 19.1. The molecule has 0 radical (unpaired) electrons. The van der Waals surface area contributed by atoms with E-state index >= 15 is 0 Å². The fourth-order valence-electron chi connectivity index (χ4n) is 2.31. The molecule has 1 unspecified atom stereocenters. The fraction of sp³-hybridized carbons (Fsp3) is 0.778. The van der Waals surface area contributed by atoms with E-state index < -0.39 is 6.17 Å². The predicted molar refractivity (Wildman–Crippen MR) is 43.2 cm³/mol. The first-order valence-corrected chi connectivity index (χ1v) is 4.20. The standard InChI is InChI=1S/C9H14FN/c1-7-3-4-11-6-8(10)5-9(7,11)2/h8H,1,3-6H2,2H3/t8?,9-/m1/s1. The Balaban J connectivity index is 2.26. The van der Waals surface area contributed by atoms with Crippen molar-refractivity contribution in [3.05, 3.63) is 12.2 Å². The molecule has 0 aromatic rings. The summed E-state index contributed by atoms with van der Waals surface area (Å²) < 4.78 is 13.0. The Bertz CT molecular complexity index is 202. The Labute approximate surface area is 66.9 Å². The largest absolute Gasteiger partial charge is 0.291 e. The van der Waals surface area contributed by atoms with Crippen molar-refractivity contribution in [1.29, 1.82) is 0 Å². The van der Waals surface area contributed by atoms with Gasteiger partial charge in [-0.2, -0.15) is 0 Å². The van der Waals surface area contributed by atoms with Gasteiger partial charge in [-0.05, 0) is 13.3 Å². The van der Waals surface area contributed by atoms with Crippen LogP contribution in [0.3, 0.4) is 0 Å². The van der Waals surface area contributed by atoms with Crippen LogP contribution in [-0.2, 0) is 0 Å². The van der Waals surface area contributed by atoms with Crippen LogP contribution in [0.15, 0.2) is 12.2 Å². The van der Waals surface area contributed by atoms with Crippen molar-refractivity contribution in [2.24, 2.45) is 0 Å². The van der Waals surface area contributed by atoms with Crippen LogP contribution in [-0.4, -0.2) is 29.7 Å². The highest BCUT2D eigenvalue weighted by Gasteiger charge is 2.47. The third kappa shape index (κ3) is 0.853. The summed E-state index contributed by atoms with van der Waals surface area (Å²) in [6.45, 7) is 7.74. The average Bonchev–Trinajstić information content (AvgIpc) is 2.32. The first-order valence-electron chi connectivity index (χ1n) is 4.20. The molecular formula is C9H14FN. The van der Waals surface area contributed by atoms with Crippen LogP contribution in [0, 0.1) is 0 Å². The fourth-order valence-corrected chi connectivity index (χ4v) is 2.31. The Kier molecular flexibility index (Phi) is 1.37. The first-order chi connectivity index (χ1) is 5.13. The molecule has 0 N–H and O–H groups in total. The molecular weight excluding hydrogens is 141 g/mol. The van der Waals surface area contributed by atoms with Gasteiger partial charge in [0.1, 0.15) is 6.17 Å². The van der Waals surface area contributed by atoms with Gasteiger partial charge in [0.25, 0.3) is 0 Å². The van der Waals surface area contributed by atoms with Gasteiger partial charge in [-0.3, -0.25) is 4.90 Å². The summed E-state index contributed by atoms with van der Waals surface area (Å²) in [5, 5.41) is 0. The van der Waals surface area contributed by atoms with E-state index in [-0.39, 0.29) is 5.54 Å². The minimum Gasteiger partial charge on any atom is -0.291 e. The van der Waals surface area contributed by atoms with Gasteiger partial charge in [0, 0.05) is 25.0 Å². The highest BCUT2D eigenvalue weighted by Crippen LogP contribution is 2.42. The number of nitrogens with zero attached hydrogens (tertiary/aromatic N) is 1. The van der Waals surface area contributed by atoms with Crippen molar-refractivity contribution in [1.82, 2.24) is 4.90 Å². The van der Waals surface area contributed by atoms with Gasteiger partial charge >= 0.3 is 0 Å². The SMILES string of the molecule is C=C1CCN2CC(F)C[C@]12C.